The van der Waals surface area contributed by atoms with Crippen molar-refractivity contribution < 1.29 is 12.8 Å². The molecule has 1 aliphatic rings. The topological polar surface area (TPSA) is 58.5 Å². The largest absolute Gasteiger partial charge is 0.276 e. The molecule has 0 aliphatic heterocycles. The van der Waals surface area contributed by atoms with Gasteiger partial charge in [-0.15, -0.1) is 0 Å². The van der Waals surface area contributed by atoms with E-state index in [9.17, 15) is 12.8 Å². The maximum atomic E-state index is 13.3. The second kappa shape index (κ2) is 7.35. The Hall–Kier alpha value is -2.21. The van der Waals surface area contributed by atoms with Gasteiger partial charge in [-0.1, -0.05) is 29.8 Å². The van der Waals surface area contributed by atoms with Crippen LogP contribution in [0.2, 0.25) is 0 Å². The molecular weight excluding hydrogens is 339 g/mol. The fourth-order valence-corrected chi connectivity index (χ4v) is 3.90. The number of hydrogen-bond donors (Lipinski definition) is 1. The molecule has 4 nitrogen and oxygen atoms in total. The molecule has 25 heavy (non-hydrogen) atoms. The third kappa shape index (κ3) is 4.45. The fourth-order valence-electron chi connectivity index (χ4n) is 3.05. The van der Waals surface area contributed by atoms with E-state index in [2.05, 4.69) is 9.93 Å². The predicted octanol–water partition coefficient (Wildman–Crippen LogP) is 4.13. The second-order valence-electron chi connectivity index (χ2n) is 6.42. The summed E-state index contributed by atoms with van der Waals surface area (Å²) in [6.07, 6.45) is 3.10. The van der Waals surface area contributed by atoms with Crippen LogP contribution >= 0.6 is 0 Å². The zero-order valence-corrected chi connectivity index (χ0v) is 14.9. The lowest BCUT2D eigenvalue weighted by Gasteiger charge is -2.23. The van der Waals surface area contributed by atoms with E-state index in [0.29, 0.717) is 18.8 Å². The van der Waals surface area contributed by atoms with Crippen LogP contribution in [0.25, 0.3) is 0 Å². The van der Waals surface area contributed by atoms with Crippen molar-refractivity contribution in [3.05, 3.63) is 65.5 Å². The highest BCUT2D eigenvalue weighted by Crippen LogP contribution is 2.31. The van der Waals surface area contributed by atoms with Crippen molar-refractivity contribution in [2.45, 2.75) is 43.4 Å². The van der Waals surface area contributed by atoms with Gasteiger partial charge < -0.3 is 0 Å². The van der Waals surface area contributed by atoms with E-state index < -0.39 is 10.0 Å². The van der Waals surface area contributed by atoms with Gasteiger partial charge in [0.25, 0.3) is 10.0 Å². The summed E-state index contributed by atoms with van der Waals surface area (Å²) in [5.41, 5.74) is 2.84. The van der Waals surface area contributed by atoms with E-state index in [1.54, 1.807) is 36.4 Å². The van der Waals surface area contributed by atoms with Crippen LogP contribution in [0.15, 0.2) is 58.5 Å². The van der Waals surface area contributed by atoms with Crippen molar-refractivity contribution in [3.63, 3.8) is 0 Å². The summed E-state index contributed by atoms with van der Waals surface area (Å²) in [4.78, 5) is 2.53. The van der Waals surface area contributed by atoms with Gasteiger partial charge >= 0.3 is 0 Å². The van der Waals surface area contributed by atoms with Crippen molar-refractivity contribution in [2.24, 2.45) is 5.10 Å². The highest BCUT2D eigenvalue weighted by Gasteiger charge is 2.20. The summed E-state index contributed by atoms with van der Waals surface area (Å²) < 4.78 is 37.8. The van der Waals surface area contributed by atoms with Crippen LogP contribution in [0.3, 0.4) is 0 Å². The highest BCUT2D eigenvalue weighted by molar-refractivity contribution is 7.89. The van der Waals surface area contributed by atoms with Crippen molar-refractivity contribution in [1.29, 1.82) is 0 Å². The minimum absolute atomic E-state index is 0.205. The molecule has 0 saturated heterocycles. The fraction of sp³-hybridized carbons (Fsp3) is 0.316. The molecule has 0 heterocycles. The first-order valence-corrected chi connectivity index (χ1v) is 9.82. The Labute approximate surface area is 147 Å². The number of halogens is 1. The monoisotopic (exact) mass is 360 g/mol. The third-order valence-electron chi connectivity index (χ3n) is 4.54. The van der Waals surface area contributed by atoms with Gasteiger partial charge in [0.1, 0.15) is 5.82 Å². The van der Waals surface area contributed by atoms with Crippen LogP contribution in [0, 0.1) is 12.7 Å². The lowest BCUT2D eigenvalue weighted by atomic mass is 9.83. The summed E-state index contributed by atoms with van der Waals surface area (Å²) in [7, 11) is -3.63. The number of nitrogens with zero attached hydrogens (tertiary/aromatic N) is 1. The van der Waals surface area contributed by atoms with Crippen molar-refractivity contribution in [3.8, 4) is 0 Å². The molecule has 1 aliphatic carbocycles. The maximum Gasteiger partial charge on any atom is 0.276 e. The van der Waals surface area contributed by atoms with Gasteiger partial charge in [-0.05, 0) is 68.4 Å². The van der Waals surface area contributed by atoms with Crippen LogP contribution in [-0.4, -0.2) is 14.1 Å². The van der Waals surface area contributed by atoms with E-state index in [0.717, 1.165) is 29.7 Å². The highest BCUT2D eigenvalue weighted by atomic mass is 32.2. The molecule has 2 aromatic carbocycles. The Morgan fingerprint density at radius 1 is 1.08 bits per heavy atom. The van der Waals surface area contributed by atoms with Crippen LogP contribution in [0.5, 0.6) is 0 Å². The third-order valence-corrected chi connectivity index (χ3v) is 5.76. The molecule has 0 radical (unpaired) electrons. The molecule has 0 amide bonds. The van der Waals surface area contributed by atoms with Crippen LogP contribution in [-0.2, 0) is 10.0 Å². The Kier molecular flexibility index (Phi) is 5.18. The van der Waals surface area contributed by atoms with Gasteiger partial charge in [-0.25, -0.2) is 9.22 Å². The van der Waals surface area contributed by atoms with Gasteiger partial charge in [0, 0.05) is 5.71 Å². The normalized spacial score (nSPS) is 18.0. The molecular formula is C19H21FN2O2S. The van der Waals surface area contributed by atoms with Crippen LogP contribution < -0.4 is 4.83 Å². The molecule has 1 fully saturated rings. The summed E-state index contributed by atoms with van der Waals surface area (Å²) in [5, 5.41) is 4.10. The molecule has 0 spiro atoms. The number of aryl methyl sites for hydroxylation is 1. The van der Waals surface area contributed by atoms with Gasteiger partial charge in [0.05, 0.1) is 4.90 Å². The first kappa shape index (κ1) is 17.6. The summed E-state index contributed by atoms with van der Waals surface area (Å²) >= 11 is 0. The number of rotatable bonds is 4. The van der Waals surface area contributed by atoms with Crippen molar-refractivity contribution in [1.82, 2.24) is 4.83 Å². The van der Waals surface area contributed by atoms with Gasteiger partial charge in [-0.2, -0.15) is 13.5 Å². The lowest BCUT2D eigenvalue weighted by Crippen LogP contribution is -2.22. The molecule has 2 aromatic rings. The molecule has 6 heteroatoms. The Bertz CT molecular complexity index is 867. The number of benzene rings is 2. The van der Waals surface area contributed by atoms with Crippen molar-refractivity contribution in [2.75, 3.05) is 0 Å². The number of hydrogen-bond acceptors (Lipinski definition) is 3. The average molecular weight is 360 g/mol. The Balaban J connectivity index is 1.62. The number of sulfonamides is 1. The minimum atomic E-state index is -3.63. The van der Waals surface area contributed by atoms with E-state index in [4.69, 9.17) is 0 Å². The average Bonchev–Trinajstić information content (AvgIpc) is 2.61. The zero-order chi connectivity index (χ0) is 17.9. The van der Waals surface area contributed by atoms with Gasteiger partial charge in [0.2, 0.25) is 0 Å². The first-order valence-electron chi connectivity index (χ1n) is 8.33. The van der Waals surface area contributed by atoms with Gasteiger partial charge in [-0.3, -0.25) is 0 Å². The van der Waals surface area contributed by atoms with Crippen molar-refractivity contribution >= 4 is 15.7 Å². The molecule has 1 N–H and O–H groups in total. The van der Waals surface area contributed by atoms with E-state index >= 15 is 0 Å². The van der Waals surface area contributed by atoms with E-state index in [1.165, 1.54) is 6.07 Å². The second-order valence-corrected chi connectivity index (χ2v) is 8.08. The molecule has 0 bridgehead atoms. The Morgan fingerprint density at radius 2 is 1.76 bits per heavy atom. The van der Waals surface area contributed by atoms with E-state index in [-0.39, 0.29) is 10.7 Å². The maximum absolute atomic E-state index is 13.3. The Morgan fingerprint density at radius 3 is 2.40 bits per heavy atom. The lowest BCUT2D eigenvalue weighted by molar-refractivity contribution is 0.553. The van der Waals surface area contributed by atoms with Gasteiger partial charge in [0.15, 0.2) is 0 Å². The molecule has 132 valence electrons. The standard InChI is InChI=1S/C19H21FN2O2S/c1-14-5-11-19(12-6-14)25(23,24)22-21-18-9-7-15(8-10-18)16-3-2-4-17(20)13-16/h2-6,11-13,15,22H,7-10H2,1H3. The summed E-state index contributed by atoms with van der Waals surface area (Å²) in [5.74, 6) is 0.0752. The SMILES string of the molecule is Cc1ccc(S(=O)(=O)NN=C2CCC(c3cccc(F)c3)CC2)cc1. The van der Waals surface area contributed by atoms with E-state index in [1.807, 2.05) is 13.0 Å². The molecule has 3 rings (SSSR count). The molecule has 0 unspecified atom stereocenters. The molecule has 0 atom stereocenters. The van der Waals surface area contributed by atoms with Crippen LogP contribution in [0.4, 0.5) is 4.39 Å². The minimum Gasteiger partial charge on any atom is -0.207 e. The quantitative estimate of drug-likeness (QED) is 0.834. The first-order chi connectivity index (χ1) is 11.9. The zero-order valence-electron chi connectivity index (χ0n) is 14.1. The smallest absolute Gasteiger partial charge is 0.207 e. The predicted molar refractivity (Wildman–Crippen MR) is 96.5 cm³/mol. The molecule has 1 saturated carbocycles. The number of nitrogens with one attached hydrogen (secondary N) is 1. The number of hydrazone groups is 1. The summed E-state index contributed by atoms with van der Waals surface area (Å²) in [6.45, 7) is 1.90. The van der Waals surface area contributed by atoms with Crippen LogP contribution in [0.1, 0.15) is 42.7 Å². The summed E-state index contributed by atoms with van der Waals surface area (Å²) in [6, 6.07) is 13.3. The molecule has 0 aromatic heterocycles.